The van der Waals surface area contributed by atoms with Gasteiger partial charge in [-0.2, -0.15) is 0 Å². The van der Waals surface area contributed by atoms with E-state index in [1.807, 2.05) is 26.2 Å². The molecule has 2 aromatic carbocycles. The highest BCUT2D eigenvalue weighted by Crippen LogP contribution is 2.30. The van der Waals surface area contributed by atoms with Crippen molar-refractivity contribution >= 4 is 28.3 Å². The van der Waals surface area contributed by atoms with Crippen molar-refractivity contribution in [1.82, 2.24) is 54.1 Å². The number of likely N-dealkylation sites (tertiary alicyclic amines) is 1. The van der Waals surface area contributed by atoms with Gasteiger partial charge in [0.05, 0.1) is 25.3 Å². The first-order chi connectivity index (χ1) is 25.1. The summed E-state index contributed by atoms with van der Waals surface area (Å²) in [5.41, 5.74) is 5.48. The van der Waals surface area contributed by atoms with Crippen molar-refractivity contribution in [2.24, 2.45) is 0 Å². The van der Waals surface area contributed by atoms with Crippen LogP contribution in [0.5, 0.6) is 0 Å². The lowest BCUT2D eigenvalue weighted by atomic mass is 10.1. The predicted octanol–water partition coefficient (Wildman–Crippen LogP) is 4.56. The first-order valence-corrected chi connectivity index (χ1v) is 17.5. The van der Waals surface area contributed by atoms with Gasteiger partial charge in [-0.25, -0.2) is 9.67 Å². The molecule has 2 aliphatic heterocycles. The molecule has 0 bridgehead atoms. The van der Waals surface area contributed by atoms with E-state index in [2.05, 4.69) is 113 Å². The lowest BCUT2D eigenvalue weighted by molar-refractivity contribution is 0.0715. The Bertz CT molecular complexity index is 2310. The summed E-state index contributed by atoms with van der Waals surface area (Å²) in [5.74, 6) is 1.33. The van der Waals surface area contributed by atoms with E-state index in [0.717, 1.165) is 43.1 Å². The fraction of sp³-hybridized carbons (Fsp3) is 0.324. The van der Waals surface area contributed by atoms with E-state index in [1.54, 1.807) is 18.6 Å². The summed E-state index contributed by atoms with van der Waals surface area (Å²) in [5, 5.41) is 22.8. The quantitative estimate of drug-likeness (QED) is 0.225. The smallest absolute Gasteiger partial charge is 0.276 e. The zero-order chi connectivity index (χ0) is 34.3. The summed E-state index contributed by atoms with van der Waals surface area (Å²) in [6, 6.07) is 23.2. The molecular weight excluding hydrogens is 644 g/mol. The number of para-hydroxylation sites is 1. The van der Waals surface area contributed by atoms with Crippen LogP contribution >= 0.6 is 0 Å². The number of amides is 1. The van der Waals surface area contributed by atoms with Crippen LogP contribution in [0, 0.1) is 0 Å². The average molecular weight is 683 g/mol. The van der Waals surface area contributed by atoms with Gasteiger partial charge in [0.2, 0.25) is 5.65 Å². The van der Waals surface area contributed by atoms with Crippen LogP contribution in [0.4, 0.5) is 5.82 Å². The molecule has 1 amide bonds. The molecule has 2 atom stereocenters. The number of nitrogens with zero attached hydrogens (tertiary/aromatic N) is 12. The van der Waals surface area contributed by atoms with E-state index in [0.29, 0.717) is 49.8 Å². The monoisotopic (exact) mass is 682 g/mol. The molecule has 258 valence electrons. The molecule has 51 heavy (non-hydrogen) atoms. The lowest BCUT2D eigenvalue weighted by Gasteiger charge is -2.40. The van der Waals surface area contributed by atoms with Gasteiger partial charge in [-0.15, -0.1) is 15.3 Å². The second-order valence-electron chi connectivity index (χ2n) is 13.5. The second kappa shape index (κ2) is 13.1. The summed E-state index contributed by atoms with van der Waals surface area (Å²) in [4.78, 5) is 24.4. The number of benzene rings is 2. The number of fused-ring (bicyclic) bond motifs is 2. The summed E-state index contributed by atoms with van der Waals surface area (Å²) in [6.07, 6.45) is 9.37. The molecule has 7 heterocycles. The zero-order valence-corrected chi connectivity index (χ0v) is 28.4. The molecule has 2 aliphatic rings. The van der Waals surface area contributed by atoms with Gasteiger partial charge in [0.15, 0.2) is 17.3 Å². The van der Waals surface area contributed by atoms with Gasteiger partial charge in [-0.05, 0) is 44.0 Å². The van der Waals surface area contributed by atoms with Crippen LogP contribution < -0.4 is 4.90 Å². The molecule has 14 nitrogen and oxygen atoms in total. The third-order valence-electron chi connectivity index (χ3n) is 10.2. The highest BCUT2D eigenvalue weighted by atomic mass is 16.5. The standard InChI is InChI=1S/C37H38N12O2/c1-26-20-45(16-17-47(26)35-36-41-39-25-46(36)15-13-38-35)37(50)32-19-31(51-42-32)24-44-14-7-11-30(23-44)49-22-29(40-43-49)21-48-33-12-6-5-10-28(33)18-34(48)27-8-3-2-4-9-27/h2-6,8-10,12-13,15,18-19,22,25-26,30H,7,11,14,16-17,20-21,23-24H2,1H3. The van der Waals surface area contributed by atoms with E-state index < -0.39 is 0 Å². The fourth-order valence-electron chi connectivity index (χ4n) is 7.62. The normalized spacial score (nSPS) is 18.6. The van der Waals surface area contributed by atoms with Gasteiger partial charge in [0, 0.05) is 67.3 Å². The highest BCUT2D eigenvalue weighted by Gasteiger charge is 2.31. The molecule has 2 unspecified atom stereocenters. The van der Waals surface area contributed by atoms with Crippen molar-refractivity contribution in [3.05, 3.63) is 109 Å². The number of hydrogen-bond donors (Lipinski definition) is 0. The average Bonchev–Trinajstić information content (AvgIpc) is 3.99. The van der Waals surface area contributed by atoms with E-state index in [9.17, 15) is 4.79 Å². The molecule has 9 rings (SSSR count). The minimum absolute atomic E-state index is 0.0422. The molecule has 14 heteroatoms. The van der Waals surface area contributed by atoms with E-state index in [-0.39, 0.29) is 18.0 Å². The van der Waals surface area contributed by atoms with Gasteiger partial charge in [-0.1, -0.05) is 58.9 Å². The molecule has 7 aromatic rings. The minimum atomic E-state index is -0.122. The summed E-state index contributed by atoms with van der Waals surface area (Å²) in [7, 11) is 0. The first-order valence-electron chi connectivity index (χ1n) is 17.5. The molecule has 5 aromatic heterocycles. The van der Waals surface area contributed by atoms with E-state index >= 15 is 0 Å². The number of piperidine rings is 1. The molecule has 0 aliphatic carbocycles. The van der Waals surface area contributed by atoms with Crippen molar-refractivity contribution in [2.45, 2.75) is 44.9 Å². The Labute approximate surface area is 293 Å². The topological polar surface area (TPSA) is 132 Å². The number of carbonyl (C=O) groups excluding carboxylic acids is 1. The van der Waals surface area contributed by atoms with Crippen molar-refractivity contribution in [1.29, 1.82) is 0 Å². The Kier molecular flexibility index (Phi) is 7.99. The van der Waals surface area contributed by atoms with Gasteiger partial charge < -0.3 is 18.9 Å². The van der Waals surface area contributed by atoms with Crippen molar-refractivity contribution in [2.75, 3.05) is 37.6 Å². The predicted molar refractivity (Wildman–Crippen MR) is 190 cm³/mol. The van der Waals surface area contributed by atoms with Crippen LogP contribution in [0.15, 0.2) is 96.2 Å². The maximum Gasteiger partial charge on any atom is 0.276 e. The molecule has 0 saturated carbocycles. The molecule has 0 spiro atoms. The van der Waals surface area contributed by atoms with Gasteiger partial charge in [-0.3, -0.25) is 14.1 Å². The van der Waals surface area contributed by atoms with Crippen LogP contribution in [0.25, 0.3) is 27.8 Å². The lowest BCUT2D eigenvalue weighted by Crippen LogP contribution is -2.54. The minimum Gasteiger partial charge on any atom is -0.359 e. The molecule has 2 saturated heterocycles. The SMILES string of the molecule is CC1CN(C(=O)c2cc(CN3CCCC(n4cc(Cn5c(-c6ccccc6)cc6ccccc65)nn4)C3)on2)CCN1c1nccn2cnnc12. The third kappa shape index (κ3) is 6.01. The molecular formula is C37H38N12O2. The van der Waals surface area contributed by atoms with Crippen LogP contribution in [0.3, 0.4) is 0 Å². The Morgan fingerprint density at radius 2 is 1.84 bits per heavy atom. The number of carbonyl (C=O) groups is 1. The number of rotatable bonds is 8. The van der Waals surface area contributed by atoms with Crippen molar-refractivity contribution in [3.63, 3.8) is 0 Å². The molecule has 0 radical (unpaired) electrons. The second-order valence-corrected chi connectivity index (χ2v) is 13.5. The molecule has 0 N–H and O–H groups in total. The van der Waals surface area contributed by atoms with Gasteiger partial charge in [0.25, 0.3) is 5.91 Å². The van der Waals surface area contributed by atoms with Crippen LogP contribution in [-0.4, -0.2) is 98.8 Å². The Morgan fingerprint density at radius 3 is 2.75 bits per heavy atom. The number of anilines is 1. The Morgan fingerprint density at radius 1 is 0.961 bits per heavy atom. The zero-order valence-electron chi connectivity index (χ0n) is 28.4. The van der Waals surface area contributed by atoms with E-state index in [4.69, 9.17) is 4.52 Å². The summed E-state index contributed by atoms with van der Waals surface area (Å²) >= 11 is 0. The number of piperazine rings is 1. The van der Waals surface area contributed by atoms with Crippen molar-refractivity contribution < 1.29 is 9.32 Å². The number of hydrogen-bond acceptors (Lipinski definition) is 10. The maximum atomic E-state index is 13.5. The van der Waals surface area contributed by atoms with Crippen LogP contribution in [0.1, 0.15) is 47.7 Å². The highest BCUT2D eigenvalue weighted by molar-refractivity contribution is 5.92. The molecule has 2 fully saturated rings. The fourth-order valence-corrected chi connectivity index (χ4v) is 7.62. The van der Waals surface area contributed by atoms with Crippen molar-refractivity contribution in [3.8, 4) is 11.3 Å². The largest absolute Gasteiger partial charge is 0.359 e. The third-order valence-corrected chi connectivity index (χ3v) is 10.2. The maximum absolute atomic E-state index is 13.5. The van der Waals surface area contributed by atoms with Gasteiger partial charge in [0.1, 0.15) is 12.0 Å². The van der Waals surface area contributed by atoms with E-state index in [1.165, 1.54) is 16.5 Å². The van der Waals surface area contributed by atoms with Crippen LogP contribution in [-0.2, 0) is 13.1 Å². The Hall–Kier alpha value is -5.89. The van der Waals surface area contributed by atoms with Gasteiger partial charge >= 0.3 is 0 Å². The summed E-state index contributed by atoms with van der Waals surface area (Å²) in [6.45, 7) is 6.75. The number of aromatic nitrogens is 9. The van der Waals surface area contributed by atoms with Crippen LogP contribution in [0.2, 0.25) is 0 Å². The Balaban J connectivity index is 0.837. The first kappa shape index (κ1) is 31.1. The summed E-state index contributed by atoms with van der Waals surface area (Å²) < 4.78 is 11.9.